The van der Waals surface area contributed by atoms with Gasteiger partial charge in [-0.3, -0.25) is 0 Å². The van der Waals surface area contributed by atoms with E-state index in [1.54, 1.807) is 13.2 Å². The topological polar surface area (TPSA) is 30.5 Å². The molecule has 1 aliphatic heterocycles. The first-order chi connectivity index (χ1) is 10.1. The van der Waals surface area contributed by atoms with Crippen LogP contribution in [-0.2, 0) is 15.9 Å². The van der Waals surface area contributed by atoms with Crippen LogP contribution in [0.1, 0.15) is 18.9 Å². The van der Waals surface area contributed by atoms with Gasteiger partial charge in [0.1, 0.15) is 5.82 Å². The van der Waals surface area contributed by atoms with E-state index in [0.29, 0.717) is 6.61 Å². The summed E-state index contributed by atoms with van der Waals surface area (Å²) in [4.78, 5) is 0. The zero-order chi connectivity index (χ0) is 15.3. The SMILES string of the molecule is COCCNCC1(Cc2ccc(F)c(Cl)c2)CCOC1C. The van der Waals surface area contributed by atoms with Gasteiger partial charge in [-0.2, -0.15) is 0 Å². The van der Waals surface area contributed by atoms with Crippen LogP contribution in [0.4, 0.5) is 4.39 Å². The molecule has 1 heterocycles. The molecule has 0 aliphatic carbocycles. The van der Waals surface area contributed by atoms with Crippen molar-refractivity contribution in [1.29, 1.82) is 0 Å². The van der Waals surface area contributed by atoms with Crippen molar-refractivity contribution in [2.75, 3.05) is 33.4 Å². The molecule has 3 nitrogen and oxygen atoms in total. The Hall–Kier alpha value is -0.680. The number of hydrogen-bond acceptors (Lipinski definition) is 3. The predicted molar refractivity (Wildman–Crippen MR) is 82.3 cm³/mol. The Bertz CT molecular complexity index is 472. The van der Waals surface area contributed by atoms with E-state index in [4.69, 9.17) is 21.1 Å². The third-order valence-corrected chi connectivity index (χ3v) is 4.62. The molecule has 0 spiro atoms. The van der Waals surface area contributed by atoms with Crippen LogP contribution in [0.2, 0.25) is 5.02 Å². The third-order valence-electron chi connectivity index (χ3n) is 4.33. The van der Waals surface area contributed by atoms with Crippen LogP contribution < -0.4 is 5.32 Å². The first kappa shape index (κ1) is 16.7. The second kappa shape index (κ2) is 7.54. The molecule has 2 unspecified atom stereocenters. The van der Waals surface area contributed by atoms with Gasteiger partial charge in [0, 0.05) is 32.2 Å². The molecule has 0 radical (unpaired) electrons. The standard InChI is InChI=1S/C16H23ClFNO2/c1-12-16(5-7-21-12,11-19-6-8-20-2)10-13-3-4-15(18)14(17)9-13/h3-4,9,12,19H,5-8,10-11H2,1-2H3. The molecule has 21 heavy (non-hydrogen) atoms. The van der Waals surface area contributed by atoms with Crippen molar-refractivity contribution in [3.63, 3.8) is 0 Å². The van der Waals surface area contributed by atoms with Crippen molar-refractivity contribution < 1.29 is 13.9 Å². The lowest BCUT2D eigenvalue weighted by Crippen LogP contribution is -2.42. The van der Waals surface area contributed by atoms with Crippen molar-refractivity contribution in [2.45, 2.75) is 25.9 Å². The van der Waals surface area contributed by atoms with Crippen LogP contribution in [0.3, 0.4) is 0 Å². The van der Waals surface area contributed by atoms with Crippen molar-refractivity contribution in [1.82, 2.24) is 5.32 Å². The van der Waals surface area contributed by atoms with Crippen LogP contribution in [0, 0.1) is 11.2 Å². The number of rotatable bonds is 7. The van der Waals surface area contributed by atoms with Gasteiger partial charge in [-0.05, 0) is 37.5 Å². The van der Waals surface area contributed by atoms with E-state index < -0.39 is 0 Å². The van der Waals surface area contributed by atoms with Gasteiger partial charge in [0.15, 0.2) is 0 Å². The quantitative estimate of drug-likeness (QED) is 0.785. The Morgan fingerprint density at radius 3 is 2.95 bits per heavy atom. The summed E-state index contributed by atoms with van der Waals surface area (Å²) in [5.74, 6) is -0.372. The zero-order valence-corrected chi connectivity index (χ0v) is 13.4. The summed E-state index contributed by atoms with van der Waals surface area (Å²) in [5, 5.41) is 3.62. The van der Waals surface area contributed by atoms with E-state index >= 15 is 0 Å². The number of halogens is 2. The molecule has 1 saturated heterocycles. The van der Waals surface area contributed by atoms with Crippen molar-refractivity contribution in [3.05, 3.63) is 34.6 Å². The number of ether oxygens (including phenoxy) is 2. The smallest absolute Gasteiger partial charge is 0.141 e. The molecule has 118 valence electrons. The number of methoxy groups -OCH3 is 1. The monoisotopic (exact) mass is 315 g/mol. The minimum atomic E-state index is -0.372. The lowest BCUT2D eigenvalue weighted by molar-refractivity contribution is 0.0619. The van der Waals surface area contributed by atoms with Crippen molar-refractivity contribution in [3.8, 4) is 0 Å². The molecule has 2 rings (SSSR count). The summed E-state index contributed by atoms with van der Waals surface area (Å²) in [7, 11) is 1.69. The molecule has 1 aromatic carbocycles. The maximum Gasteiger partial charge on any atom is 0.141 e. The van der Waals surface area contributed by atoms with E-state index in [9.17, 15) is 4.39 Å². The van der Waals surface area contributed by atoms with Crippen molar-refractivity contribution >= 4 is 11.6 Å². The Morgan fingerprint density at radius 1 is 1.52 bits per heavy atom. The molecule has 0 bridgehead atoms. The summed E-state index contributed by atoms with van der Waals surface area (Å²) < 4.78 is 24.1. The molecule has 0 saturated carbocycles. The fourth-order valence-corrected chi connectivity index (χ4v) is 3.12. The zero-order valence-electron chi connectivity index (χ0n) is 12.6. The van der Waals surface area contributed by atoms with Gasteiger partial charge in [0.25, 0.3) is 0 Å². The molecule has 2 atom stereocenters. The fourth-order valence-electron chi connectivity index (χ4n) is 2.91. The highest BCUT2D eigenvalue weighted by molar-refractivity contribution is 6.30. The first-order valence-electron chi connectivity index (χ1n) is 7.32. The predicted octanol–water partition coefficient (Wildman–Crippen LogP) is 3.05. The van der Waals surface area contributed by atoms with E-state index in [2.05, 4.69) is 12.2 Å². The van der Waals surface area contributed by atoms with Crippen LogP contribution in [0.5, 0.6) is 0 Å². The maximum atomic E-state index is 13.3. The highest BCUT2D eigenvalue weighted by Gasteiger charge is 2.41. The van der Waals surface area contributed by atoms with Gasteiger partial charge in [0.05, 0.1) is 17.7 Å². The molecule has 5 heteroatoms. The minimum Gasteiger partial charge on any atom is -0.383 e. The van der Waals surface area contributed by atoms with Crippen molar-refractivity contribution in [2.24, 2.45) is 5.41 Å². The molecule has 1 aliphatic rings. The molecule has 0 aromatic heterocycles. The average Bonchev–Trinajstić information content (AvgIpc) is 2.81. The summed E-state index contributed by atoms with van der Waals surface area (Å²) >= 11 is 5.89. The first-order valence-corrected chi connectivity index (χ1v) is 7.70. The Morgan fingerprint density at radius 2 is 2.33 bits per heavy atom. The van der Waals surface area contributed by atoms with Crippen LogP contribution in [-0.4, -0.2) is 39.5 Å². The number of nitrogens with one attached hydrogen (secondary N) is 1. The van der Waals surface area contributed by atoms with Gasteiger partial charge < -0.3 is 14.8 Å². The van der Waals surface area contributed by atoms with E-state index in [1.165, 1.54) is 6.07 Å². The normalized spacial score (nSPS) is 25.4. The molecule has 1 aromatic rings. The molecular formula is C16H23ClFNO2. The minimum absolute atomic E-state index is 0.0227. The number of benzene rings is 1. The lowest BCUT2D eigenvalue weighted by Gasteiger charge is -2.33. The second-order valence-corrected chi connectivity index (χ2v) is 6.13. The summed E-state index contributed by atoms with van der Waals surface area (Å²) in [6, 6.07) is 4.96. The lowest BCUT2D eigenvalue weighted by atomic mass is 9.76. The largest absolute Gasteiger partial charge is 0.383 e. The highest BCUT2D eigenvalue weighted by atomic mass is 35.5. The molecular weight excluding hydrogens is 293 g/mol. The third kappa shape index (κ3) is 4.16. The van der Waals surface area contributed by atoms with E-state index in [-0.39, 0.29) is 22.4 Å². The number of hydrogen-bond donors (Lipinski definition) is 1. The Balaban J connectivity index is 2.07. The van der Waals surface area contributed by atoms with Gasteiger partial charge in [-0.25, -0.2) is 4.39 Å². The van der Waals surface area contributed by atoms with Gasteiger partial charge >= 0.3 is 0 Å². The van der Waals surface area contributed by atoms with E-state index in [1.807, 2.05) is 6.07 Å². The van der Waals surface area contributed by atoms with Gasteiger partial charge in [-0.1, -0.05) is 17.7 Å². The van der Waals surface area contributed by atoms with Crippen LogP contribution in [0.15, 0.2) is 18.2 Å². The van der Waals surface area contributed by atoms with Gasteiger partial charge in [0.2, 0.25) is 0 Å². The van der Waals surface area contributed by atoms with Crippen LogP contribution >= 0.6 is 11.6 Å². The summed E-state index contributed by atoms with van der Waals surface area (Å²) in [5.41, 5.74) is 1.07. The highest BCUT2D eigenvalue weighted by Crippen LogP contribution is 2.38. The molecule has 1 N–H and O–H groups in total. The van der Waals surface area contributed by atoms with Gasteiger partial charge in [-0.15, -0.1) is 0 Å². The fraction of sp³-hybridized carbons (Fsp3) is 0.625. The van der Waals surface area contributed by atoms with Crippen LogP contribution in [0.25, 0.3) is 0 Å². The Labute approximate surface area is 130 Å². The van der Waals surface area contributed by atoms with E-state index in [0.717, 1.165) is 38.1 Å². The Kier molecular flexibility index (Phi) is 5.99. The second-order valence-electron chi connectivity index (χ2n) is 5.72. The summed E-state index contributed by atoms with van der Waals surface area (Å²) in [6.45, 7) is 5.23. The molecule has 0 amide bonds. The maximum absolute atomic E-state index is 13.3. The average molecular weight is 316 g/mol. The molecule has 1 fully saturated rings. The summed E-state index contributed by atoms with van der Waals surface area (Å²) in [6.07, 6.45) is 1.98.